The van der Waals surface area contributed by atoms with Crippen LogP contribution in [0.5, 0.6) is 0 Å². The highest BCUT2D eigenvalue weighted by Crippen LogP contribution is 2.18. The fourth-order valence-corrected chi connectivity index (χ4v) is 2.85. The highest BCUT2D eigenvalue weighted by Gasteiger charge is 2.12. The number of nitrogens with zero attached hydrogens (tertiary/aromatic N) is 3. The summed E-state index contributed by atoms with van der Waals surface area (Å²) in [7, 11) is 0. The number of hydrogen-bond acceptors (Lipinski definition) is 4. The minimum absolute atomic E-state index is 0. The predicted molar refractivity (Wildman–Crippen MR) is 122 cm³/mol. The topological polar surface area (TPSA) is 75.8 Å². The SMILES string of the molecule is CC(C)c1cccc(NC(N)=NCc2cccc(N3CCOCC3)n2)c1.I. The number of nitrogens with two attached hydrogens (primary N) is 1. The van der Waals surface area contributed by atoms with Crippen molar-refractivity contribution in [3.05, 3.63) is 53.7 Å². The molecule has 6 nitrogen and oxygen atoms in total. The number of anilines is 2. The van der Waals surface area contributed by atoms with Crippen molar-refractivity contribution in [3.8, 4) is 0 Å². The molecule has 1 fully saturated rings. The van der Waals surface area contributed by atoms with E-state index in [-0.39, 0.29) is 24.0 Å². The Morgan fingerprint density at radius 2 is 1.96 bits per heavy atom. The van der Waals surface area contributed by atoms with Crippen LogP contribution < -0.4 is 16.0 Å². The molecule has 7 heteroatoms. The van der Waals surface area contributed by atoms with E-state index in [1.807, 2.05) is 30.3 Å². The number of pyridine rings is 1. The Morgan fingerprint density at radius 1 is 1.22 bits per heavy atom. The van der Waals surface area contributed by atoms with Gasteiger partial charge in [0.25, 0.3) is 0 Å². The van der Waals surface area contributed by atoms with Crippen molar-refractivity contribution >= 4 is 41.4 Å². The average molecular weight is 481 g/mol. The van der Waals surface area contributed by atoms with Crippen molar-refractivity contribution in [1.29, 1.82) is 0 Å². The van der Waals surface area contributed by atoms with Gasteiger partial charge in [-0.3, -0.25) is 0 Å². The third-order valence-corrected chi connectivity index (χ3v) is 4.36. The molecule has 0 aliphatic carbocycles. The van der Waals surface area contributed by atoms with Gasteiger partial charge in [-0.15, -0.1) is 24.0 Å². The Kier molecular flexibility index (Phi) is 8.30. The fraction of sp³-hybridized carbons (Fsp3) is 0.400. The molecule has 2 heterocycles. The quantitative estimate of drug-likeness (QED) is 0.388. The molecule has 1 aromatic carbocycles. The summed E-state index contributed by atoms with van der Waals surface area (Å²) < 4.78 is 5.39. The largest absolute Gasteiger partial charge is 0.378 e. The van der Waals surface area contributed by atoms with Gasteiger partial charge in [0, 0.05) is 18.8 Å². The zero-order valence-electron chi connectivity index (χ0n) is 15.9. The van der Waals surface area contributed by atoms with Crippen molar-refractivity contribution in [2.24, 2.45) is 10.7 Å². The summed E-state index contributed by atoms with van der Waals surface area (Å²) in [6.45, 7) is 8.02. The van der Waals surface area contributed by atoms with Crippen LogP contribution in [0.4, 0.5) is 11.5 Å². The van der Waals surface area contributed by atoms with Gasteiger partial charge in [-0.2, -0.15) is 0 Å². The number of nitrogens with one attached hydrogen (secondary N) is 1. The van der Waals surface area contributed by atoms with Crippen LogP contribution in [0.25, 0.3) is 0 Å². The third kappa shape index (κ3) is 6.35. The normalized spacial score (nSPS) is 14.8. The number of guanidine groups is 1. The monoisotopic (exact) mass is 481 g/mol. The van der Waals surface area contributed by atoms with E-state index in [1.54, 1.807) is 0 Å². The van der Waals surface area contributed by atoms with Crippen LogP contribution in [-0.2, 0) is 11.3 Å². The Morgan fingerprint density at radius 3 is 2.70 bits per heavy atom. The van der Waals surface area contributed by atoms with Gasteiger partial charge in [-0.1, -0.05) is 32.0 Å². The third-order valence-electron chi connectivity index (χ3n) is 4.36. The number of aliphatic imine (C=N–C) groups is 1. The highest BCUT2D eigenvalue weighted by molar-refractivity contribution is 14.0. The molecule has 3 rings (SSSR count). The van der Waals surface area contributed by atoms with Gasteiger partial charge in [0.05, 0.1) is 25.5 Å². The van der Waals surface area contributed by atoms with Gasteiger partial charge in [-0.25, -0.2) is 9.98 Å². The molecule has 0 radical (unpaired) electrons. The number of rotatable bonds is 5. The van der Waals surface area contributed by atoms with Crippen LogP contribution in [0.2, 0.25) is 0 Å². The number of morpholine rings is 1. The zero-order chi connectivity index (χ0) is 18.4. The maximum absolute atomic E-state index is 6.04. The zero-order valence-corrected chi connectivity index (χ0v) is 18.2. The molecule has 2 aromatic rings. The summed E-state index contributed by atoms with van der Waals surface area (Å²) in [5.74, 6) is 1.84. The van der Waals surface area contributed by atoms with Gasteiger partial charge in [0.2, 0.25) is 0 Å². The molecule has 0 spiro atoms. The summed E-state index contributed by atoms with van der Waals surface area (Å²) in [6, 6.07) is 14.2. The Hall–Kier alpha value is -1.87. The van der Waals surface area contributed by atoms with Gasteiger partial charge in [0.1, 0.15) is 5.82 Å². The molecule has 0 amide bonds. The molecule has 0 unspecified atom stereocenters. The van der Waals surface area contributed by atoms with E-state index in [4.69, 9.17) is 15.5 Å². The maximum atomic E-state index is 6.04. The summed E-state index contributed by atoms with van der Waals surface area (Å²) in [6.07, 6.45) is 0. The first-order valence-corrected chi connectivity index (χ1v) is 9.07. The standard InChI is InChI=1S/C20H27N5O.HI/c1-15(2)16-5-3-6-17(13-16)24-20(21)22-14-18-7-4-8-19(23-18)25-9-11-26-12-10-25;/h3-8,13,15H,9-12,14H2,1-2H3,(H3,21,22,24);1H. The van der Waals surface area contributed by atoms with E-state index in [1.165, 1.54) is 5.56 Å². The Labute approximate surface area is 178 Å². The highest BCUT2D eigenvalue weighted by atomic mass is 127. The molecule has 1 aliphatic heterocycles. The molecule has 1 aromatic heterocycles. The van der Waals surface area contributed by atoms with Crippen LogP contribution in [0.15, 0.2) is 47.5 Å². The van der Waals surface area contributed by atoms with Gasteiger partial charge in [-0.05, 0) is 35.7 Å². The van der Waals surface area contributed by atoms with Crippen LogP contribution in [0.3, 0.4) is 0 Å². The van der Waals surface area contributed by atoms with Crippen LogP contribution >= 0.6 is 24.0 Å². The van der Waals surface area contributed by atoms with Crippen molar-refractivity contribution in [1.82, 2.24) is 4.98 Å². The Balaban J connectivity index is 0.00000261. The van der Waals surface area contributed by atoms with Gasteiger partial charge < -0.3 is 20.7 Å². The van der Waals surface area contributed by atoms with Gasteiger partial charge >= 0.3 is 0 Å². The second-order valence-electron chi connectivity index (χ2n) is 6.69. The average Bonchev–Trinajstić information content (AvgIpc) is 2.67. The first kappa shape index (κ1) is 21.4. The number of halogens is 1. The lowest BCUT2D eigenvalue weighted by Gasteiger charge is -2.27. The molecule has 1 aliphatic rings. The van der Waals surface area contributed by atoms with Crippen molar-refractivity contribution in [2.75, 3.05) is 36.5 Å². The van der Waals surface area contributed by atoms with Crippen LogP contribution in [0.1, 0.15) is 31.0 Å². The van der Waals surface area contributed by atoms with E-state index in [0.717, 1.165) is 43.5 Å². The number of ether oxygens (including phenoxy) is 1. The number of aromatic nitrogens is 1. The lowest BCUT2D eigenvalue weighted by Crippen LogP contribution is -2.36. The fourth-order valence-electron chi connectivity index (χ4n) is 2.85. The van der Waals surface area contributed by atoms with Crippen molar-refractivity contribution in [3.63, 3.8) is 0 Å². The number of hydrogen-bond donors (Lipinski definition) is 2. The summed E-state index contributed by atoms with van der Waals surface area (Å²) in [4.78, 5) is 11.4. The molecule has 1 saturated heterocycles. The van der Waals surface area contributed by atoms with E-state index < -0.39 is 0 Å². The Bertz CT molecular complexity index is 760. The molecule has 0 saturated carbocycles. The summed E-state index contributed by atoms with van der Waals surface area (Å²) in [5.41, 5.74) is 9.16. The number of benzene rings is 1. The van der Waals surface area contributed by atoms with Crippen molar-refractivity contribution < 1.29 is 4.74 Å². The van der Waals surface area contributed by atoms with E-state index in [2.05, 4.69) is 41.2 Å². The molecule has 146 valence electrons. The van der Waals surface area contributed by atoms with Crippen LogP contribution in [-0.4, -0.2) is 37.2 Å². The van der Waals surface area contributed by atoms with Crippen molar-refractivity contribution in [2.45, 2.75) is 26.3 Å². The molecule has 0 atom stereocenters. The van der Waals surface area contributed by atoms with Gasteiger partial charge in [0.15, 0.2) is 5.96 Å². The first-order chi connectivity index (χ1) is 12.6. The molecular weight excluding hydrogens is 453 g/mol. The molecule has 0 bridgehead atoms. The van der Waals surface area contributed by atoms with E-state index >= 15 is 0 Å². The lowest BCUT2D eigenvalue weighted by atomic mass is 10.0. The van der Waals surface area contributed by atoms with E-state index in [9.17, 15) is 0 Å². The summed E-state index contributed by atoms with van der Waals surface area (Å²) in [5, 5.41) is 3.16. The second-order valence-corrected chi connectivity index (χ2v) is 6.69. The second kappa shape index (κ2) is 10.5. The minimum Gasteiger partial charge on any atom is -0.378 e. The minimum atomic E-state index is 0. The lowest BCUT2D eigenvalue weighted by molar-refractivity contribution is 0.122. The molecular formula is C20H28IN5O. The molecule has 3 N–H and O–H groups in total. The van der Waals surface area contributed by atoms with E-state index in [0.29, 0.717) is 18.4 Å². The first-order valence-electron chi connectivity index (χ1n) is 9.07. The predicted octanol–water partition coefficient (Wildman–Crippen LogP) is 3.59. The molecule has 27 heavy (non-hydrogen) atoms. The van der Waals surface area contributed by atoms with Crippen LogP contribution in [0, 0.1) is 0 Å². The maximum Gasteiger partial charge on any atom is 0.193 e. The summed E-state index contributed by atoms with van der Waals surface area (Å²) >= 11 is 0. The smallest absolute Gasteiger partial charge is 0.193 e.